The minimum absolute atomic E-state index is 0.246. The molecule has 0 bridgehead atoms. The number of oxime groups is 1. The van der Waals surface area contributed by atoms with E-state index in [2.05, 4.69) is 15.5 Å². The van der Waals surface area contributed by atoms with Crippen molar-refractivity contribution in [1.82, 2.24) is 4.98 Å². The van der Waals surface area contributed by atoms with Gasteiger partial charge < -0.3 is 33.3 Å². The molecule has 12 heteroatoms. The summed E-state index contributed by atoms with van der Waals surface area (Å²) >= 11 is 1.40. The standard InChI is InChI=1S/C30H33N3O8S/c1-17-7-8-25-21(11-17)31-29(42-25)32-27(34)16-40-26-14-18(9-10-30(26,38-5)39-6)22-15-20(33-41-22)19-12-23(35-2)28(37-4)24(13-19)36-3/h7-14,22,26H,15-16H2,1-6H3,(H,31,32,34). The molecule has 1 N–H and O–H groups in total. The molecule has 1 aliphatic carbocycles. The quantitative estimate of drug-likeness (QED) is 0.317. The molecule has 0 saturated carbocycles. The van der Waals surface area contributed by atoms with E-state index < -0.39 is 18.0 Å². The van der Waals surface area contributed by atoms with Gasteiger partial charge in [0.2, 0.25) is 11.5 Å². The van der Waals surface area contributed by atoms with E-state index in [1.54, 1.807) is 27.4 Å². The lowest BCUT2D eigenvalue weighted by Gasteiger charge is -2.36. The largest absolute Gasteiger partial charge is 0.493 e. The van der Waals surface area contributed by atoms with Crippen LogP contribution in [0.3, 0.4) is 0 Å². The topological polar surface area (TPSA) is 119 Å². The summed E-state index contributed by atoms with van der Waals surface area (Å²) in [4.78, 5) is 23.1. The molecule has 0 fully saturated rings. The number of nitrogens with zero attached hydrogens (tertiary/aromatic N) is 2. The van der Waals surface area contributed by atoms with E-state index in [9.17, 15) is 4.79 Å². The number of thiazole rings is 1. The molecule has 2 unspecified atom stereocenters. The molecule has 1 aliphatic heterocycles. The molecule has 0 saturated heterocycles. The minimum Gasteiger partial charge on any atom is -0.493 e. The van der Waals surface area contributed by atoms with Crippen LogP contribution in [-0.4, -0.2) is 76.8 Å². The summed E-state index contributed by atoms with van der Waals surface area (Å²) in [6.07, 6.45) is 4.78. The number of aryl methyl sites for hydroxylation is 1. The molecular weight excluding hydrogens is 562 g/mol. The Morgan fingerprint density at radius 2 is 1.81 bits per heavy atom. The molecule has 5 rings (SSSR count). The first-order chi connectivity index (χ1) is 20.3. The Hall–Kier alpha value is -3.97. The molecule has 222 valence electrons. The van der Waals surface area contributed by atoms with Gasteiger partial charge in [-0.05, 0) is 54.5 Å². The van der Waals surface area contributed by atoms with Gasteiger partial charge in [-0.15, -0.1) is 0 Å². The monoisotopic (exact) mass is 595 g/mol. The van der Waals surface area contributed by atoms with Crippen molar-refractivity contribution in [3.8, 4) is 17.2 Å². The summed E-state index contributed by atoms with van der Waals surface area (Å²) in [6.45, 7) is 1.75. The number of nitrogens with one attached hydrogen (secondary N) is 1. The van der Waals surface area contributed by atoms with E-state index in [4.69, 9.17) is 33.3 Å². The summed E-state index contributed by atoms with van der Waals surface area (Å²) in [5.41, 5.74) is 4.24. The molecule has 11 nitrogen and oxygen atoms in total. The van der Waals surface area contributed by atoms with Gasteiger partial charge in [0.05, 0.1) is 37.3 Å². The normalized spacial score (nSPS) is 19.2. The lowest BCUT2D eigenvalue weighted by Crippen LogP contribution is -2.47. The molecular formula is C30H33N3O8S. The first-order valence-corrected chi connectivity index (χ1v) is 14.0. The number of rotatable bonds is 11. The number of anilines is 1. The SMILES string of the molecule is COc1cc(C2=NOC(C3=CC(OCC(=O)Nc4nc5cc(C)ccc5s4)C(OC)(OC)C=C3)C2)cc(OC)c1OC. The first-order valence-electron chi connectivity index (χ1n) is 13.2. The fourth-order valence-corrected chi connectivity index (χ4v) is 5.73. The number of fused-ring (bicyclic) bond motifs is 1. The zero-order valence-electron chi connectivity index (χ0n) is 24.3. The zero-order chi connectivity index (χ0) is 29.9. The van der Waals surface area contributed by atoms with Crippen molar-refractivity contribution in [3.05, 3.63) is 65.3 Å². The van der Waals surface area contributed by atoms with Crippen molar-refractivity contribution in [2.75, 3.05) is 47.5 Å². The highest BCUT2D eigenvalue weighted by Crippen LogP contribution is 2.40. The number of carbonyl (C=O) groups is 1. The van der Waals surface area contributed by atoms with Crippen LogP contribution in [0.4, 0.5) is 5.13 Å². The summed E-state index contributed by atoms with van der Waals surface area (Å²) in [5, 5.41) is 7.66. The van der Waals surface area contributed by atoms with Gasteiger partial charge in [-0.1, -0.05) is 28.6 Å². The predicted molar refractivity (Wildman–Crippen MR) is 159 cm³/mol. The summed E-state index contributed by atoms with van der Waals surface area (Å²) in [7, 11) is 7.71. The maximum Gasteiger partial charge on any atom is 0.252 e. The van der Waals surface area contributed by atoms with Gasteiger partial charge in [0, 0.05) is 26.2 Å². The Balaban J connectivity index is 1.29. The molecule has 1 aromatic heterocycles. The van der Waals surface area contributed by atoms with Crippen LogP contribution in [0.5, 0.6) is 17.2 Å². The molecule has 0 radical (unpaired) electrons. The van der Waals surface area contributed by atoms with Crippen molar-refractivity contribution < 1.29 is 38.1 Å². The van der Waals surface area contributed by atoms with E-state index in [-0.39, 0.29) is 12.5 Å². The van der Waals surface area contributed by atoms with Crippen molar-refractivity contribution in [3.63, 3.8) is 0 Å². The third-order valence-corrected chi connectivity index (χ3v) is 8.06. The van der Waals surface area contributed by atoms with Gasteiger partial charge in [0.1, 0.15) is 12.7 Å². The van der Waals surface area contributed by atoms with Crippen LogP contribution in [0.15, 0.2) is 59.3 Å². The Labute approximate surface area is 247 Å². The van der Waals surface area contributed by atoms with Crippen molar-refractivity contribution in [2.24, 2.45) is 5.16 Å². The molecule has 2 aromatic carbocycles. The Kier molecular flexibility index (Phi) is 8.78. The maximum atomic E-state index is 12.8. The van der Waals surface area contributed by atoms with Gasteiger partial charge in [-0.3, -0.25) is 10.1 Å². The molecule has 3 aromatic rings. The summed E-state index contributed by atoms with van der Waals surface area (Å²) in [6, 6.07) is 9.64. The number of ether oxygens (including phenoxy) is 6. The van der Waals surface area contributed by atoms with Gasteiger partial charge in [0.25, 0.3) is 5.91 Å². The molecule has 2 aliphatic rings. The molecule has 42 heavy (non-hydrogen) atoms. The highest BCUT2D eigenvalue weighted by Gasteiger charge is 2.41. The molecule has 2 heterocycles. The molecule has 0 spiro atoms. The number of amides is 1. The fraction of sp³-hybridized carbons (Fsp3) is 0.367. The number of methoxy groups -OCH3 is 5. The summed E-state index contributed by atoms with van der Waals surface area (Å²) < 4.78 is 34.8. The van der Waals surface area contributed by atoms with Crippen LogP contribution in [0.1, 0.15) is 17.5 Å². The number of hydrogen-bond acceptors (Lipinski definition) is 11. The third-order valence-electron chi connectivity index (χ3n) is 7.11. The average molecular weight is 596 g/mol. The van der Waals surface area contributed by atoms with E-state index in [0.29, 0.717) is 34.5 Å². The average Bonchev–Trinajstić information content (AvgIpc) is 3.66. The Morgan fingerprint density at radius 1 is 1.07 bits per heavy atom. The lowest BCUT2D eigenvalue weighted by molar-refractivity contribution is -0.225. The van der Waals surface area contributed by atoms with Crippen LogP contribution in [0.2, 0.25) is 0 Å². The van der Waals surface area contributed by atoms with E-state index in [0.717, 1.165) is 26.9 Å². The molecule has 2 atom stereocenters. The minimum atomic E-state index is -1.23. The van der Waals surface area contributed by atoms with Crippen LogP contribution in [-0.2, 0) is 23.8 Å². The van der Waals surface area contributed by atoms with E-state index >= 15 is 0 Å². The highest BCUT2D eigenvalue weighted by molar-refractivity contribution is 7.22. The van der Waals surface area contributed by atoms with Crippen LogP contribution >= 0.6 is 11.3 Å². The first kappa shape index (κ1) is 29.5. The van der Waals surface area contributed by atoms with E-state index in [1.807, 2.05) is 49.4 Å². The predicted octanol–water partition coefficient (Wildman–Crippen LogP) is 4.63. The van der Waals surface area contributed by atoms with E-state index in [1.165, 1.54) is 25.6 Å². The number of benzene rings is 2. The number of carbonyl (C=O) groups excluding carboxylic acids is 1. The third kappa shape index (κ3) is 5.84. The van der Waals surface area contributed by atoms with Crippen molar-refractivity contribution in [2.45, 2.75) is 31.3 Å². The van der Waals surface area contributed by atoms with Crippen molar-refractivity contribution in [1.29, 1.82) is 0 Å². The van der Waals surface area contributed by atoms with Gasteiger partial charge in [0.15, 0.2) is 22.7 Å². The second-order valence-electron chi connectivity index (χ2n) is 9.65. The lowest BCUT2D eigenvalue weighted by atomic mass is 9.92. The Morgan fingerprint density at radius 3 is 2.48 bits per heavy atom. The maximum absolute atomic E-state index is 12.8. The second-order valence-corrected chi connectivity index (χ2v) is 10.7. The van der Waals surface area contributed by atoms with Crippen LogP contribution < -0.4 is 19.5 Å². The highest BCUT2D eigenvalue weighted by atomic mass is 32.1. The zero-order valence-corrected chi connectivity index (χ0v) is 25.1. The molecule has 1 amide bonds. The van der Waals surface area contributed by atoms with Gasteiger partial charge in [-0.2, -0.15) is 0 Å². The van der Waals surface area contributed by atoms with Crippen molar-refractivity contribution >= 4 is 38.3 Å². The number of aromatic nitrogens is 1. The summed E-state index contributed by atoms with van der Waals surface area (Å²) in [5.74, 6) is -0.0344. The van der Waals surface area contributed by atoms with Crippen LogP contribution in [0, 0.1) is 6.92 Å². The second kappa shape index (κ2) is 12.5. The Bertz CT molecular complexity index is 1530. The number of hydrogen-bond donors (Lipinski definition) is 1. The fourth-order valence-electron chi connectivity index (χ4n) is 4.87. The smallest absolute Gasteiger partial charge is 0.252 e. The van der Waals surface area contributed by atoms with Gasteiger partial charge in [-0.25, -0.2) is 4.98 Å². The van der Waals surface area contributed by atoms with Crippen LogP contribution in [0.25, 0.3) is 10.2 Å². The van der Waals surface area contributed by atoms with Gasteiger partial charge >= 0.3 is 0 Å².